The van der Waals surface area contributed by atoms with Crippen molar-refractivity contribution in [1.29, 1.82) is 0 Å². The van der Waals surface area contributed by atoms with Crippen LogP contribution in [-0.4, -0.2) is 17.0 Å². The van der Waals surface area contributed by atoms with Gasteiger partial charge < -0.3 is 10.6 Å². The van der Waals surface area contributed by atoms with Crippen LogP contribution in [0, 0.1) is 6.92 Å². The Labute approximate surface area is 127 Å². The van der Waals surface area contributed by atoms with Gasteiger partial charge in [0, 0.05) is 24.7 Å². The molecule has 0 unspecified atom stereocenters. The lowest BCUT2D eigenvalue weighted by Gasteiger charge is -2.15. The van der Waals surface area contributed by atoms with Gasteiger partial charge in [-0.15, -0.1) is 0 Å². The van der Waals surface area contributed by atoms with Crippen LogP contribution in [0.1, 0.15) is 37.2 Å². The van der Waals surface area contributed by atoms with Crippen molar-refractivity contribution >= 4 is 17.3 Å². The van der Waals surface area contributed by atoms with Crippen LogP contribution >= 0.6 is 0 Å². The molecule has 0 radical (unpaired) electrons. The van der Waals surface area contributed by atoms with Crippen molar-refractivity contribution in [2.75, 3.05) is 17.7 Å². The van der Waals surface area contributed by atoms with Gasteiger partial charge in [-0.3, -0.25) is 0 Å². The van der Waals surface area contributed by atoms with Crippen LogP contribution in [0.15, 0.2) is 24.3 Å². The van der Waals surface area contributed by atoms with E-state index in [1.165, 1.54) is 5.56 Å². The van der Waals surface area contributed by atoms with E-state index in [9.17, 15) is 0 Å². The number of nitrogens with zero attached hydrogens (tertiary/aromatic N) is 2. The molecular weight excluding hydrogens is 260 g/mol. The number of para-hydroxylation sites is 1. The van der Waals surface area contributed by atoms with Crippen LogP contribution < -0.4 is 10.6 Å². The maximum Gasteiger partial charge on any atom is 0.139 e. The van der Waals surface area contributed by atoms with Crippen molar-refractivity contribution in [3.8, 4) is 0 Å². The zero-order chi connectivity index (χ0) is 15.2. The summed E-state index contributed by atoms with van der Waals surface area (Å²) in [6.45, 7) is 6.30. The van der Waals surface area contributed by atoms with E-state index in [2.05, 4.69) is 58.7 Å². The van der Waals surface area contributed by atoms with Gasteiger partial charge in [-0.2, -0.15) is 0 Å². The minimum absolute atomic E-state index is 0.820. The molecule has 0 saturated heterocycles. The molecule has 0 atom stereocenters. The second-order valence-corrected chi connectivity index (χ2v) is 5.10. The number of benzene rings is 1. The van der Waals surface area contributed by atoms with E-state index in [0.29, 0.717) is 0 Å². The molecule has 0 bridgehead atoms. The topological polar surface area (TPSA) is 49.8 Å². The molecule has 1 aromatic heterocycles. The van der Waals surface area contributed by atoms with Crippen molar-refractivity contribution in [3.05, 3.63) is 41.2 Å². The smallest absolute Gasteiger partial charge is 0.139 e. The van der Waals surface area contributed by atoms with Crippen LogP contribution in [0.5, 0.6) is 0 Å². The van der Waals surface area contributed by atoms with E-state index in [1.54, 1.807) is 0 Å². The van der Waals surface area contributed by atoms with Crippen LogP contribution in [0.4, 0.5) is 17.3 Å². The first-order chi connectivity index (χ1) is 10.2. The summed E-state index contributed by atoms with van der Waals surface area (Å²) in [5.74, 6) is 2.62. The second kappa shape index (κ2) is 7.07. The molecule has 0 aliphatic carbocycles. The fourth-order valence-electron chi connectivity index (χ4n) is 2.34. The molecule has 2 N–H and O–H groups in total. The normalized spacial score (nSPS) is 10.5. The molecule has 0 amide bonds. The molecule has 0 spiro atoms. The number of aryl methyl sites for hydroxylation is 2. The molecule has 2 aromatic rings. The number of anilines is 3. The monoisotopic (exact) mass is 284 g/mol. The Morgan fingerprint density at radius 2 is 1.76 bits per heavy atom. The highest BCUT2D eigenvalue weighted by atomic mass is 15.1. The average Bonchev–Trinajstić information content (AvgIpc) is 2.51. The largest absolute Gasteiger partial charge is 0.373 e. The number of aromatic nitrogens is 2. The third-order valence-corrected chi connectivity index (χ3v) is 3.53. The van der Waals surface area contributed by atoms with Gasteiger partial charge in [0.05, 0.1) is 0 Å². The van der Waals surface area contributed by atoms with Crippen molar-refractivity contribution in [2.24, 2.45) is 0 Å². The van der Waals surface area contributed by atoms with Crippen LogP contribution in [0.25, 0.3) is 0 Å². The van der Waals surface area contributed by atoms with E-state index < -0.39 is 0 Å². The summed E-state index contributed by atoms with van der Waals surface area (Å²) in [4.78, 5) is 9.14. The van der Waals surface area contributed by atoms with Gasteiger partial charge in [-0.05, 0) is 25.0 Å². The van der Waals surface area contributed by atoms with Gasteiger partial charge in [0.25, 0.3) is 0 Å². The summed E-state index contributed by atoms with van der Waals surface area (Å²) in [5, 5.41) is 6.63. The Kier molecular flexibility index (Phi) is 5.14. The quantitative estimate of drug-likeness (QED) is 0.839. The summed E-state index contributed by atoms with van der Waals surface area (Å²) in [6.07, 6.45) is 3.01. The Balaban J connectivity index is 2.39. The van der Waals surface area contributed by atoms with Crippen molar-refractivity contribution in [1.82, 2.24) is 9.97 Å². The van der Waals surface area contributed by atoms with Crippen LogP contribution in [-0.2, 0) is 12.8 Å². The molecule has 0 fully saturated rings. The summed E-state index contributed by atoms with van der Waals surface area (Å²) in [7, 11) is 1.89. The van der Waals surface area contributed by atoms with E-state index in [0.717, 1.165) is 48.0 Å². The van der Waals surface area contributed by atoms with Gasteiger partial charge >= 0.3 is 0 Å². The summed E-state index contributed by atoms with van der Waals surface area (Å²) in [6, 6.07) is 8.41. The number of hydrogen-bond acceptors (Lipinski definition) is 4. The number of hydrogen-bond donors (Lipinski definition) is 2. The summed E-state index contributed by atoms with van der Waals surface area (Å²) in [5.41, 5.74) is 3.49. The highest BCUT2D eigenvalue weighted by Crippen LogP contribution is 2.26. The highest BCUT2D eigenvalue weighted by Gasteiger charge is 2.10. The zero-order valence-electron chi connectivity index (χ0n) is 13.3. The fourth-order valence-corrected chi connectivity index (χ4v) is 2.34. The number of nitrogens with one attached hydrogen (secondary N) is 2. The third kappa shape index (κ3) is 3.51. The van der Waals surface area contributed by atoms with E-state index in [1.807, 2.05) is 14.0 Å². The molecule has 0 aliphatic heterocycles. The first-order valence-electron chi connectivity index (χ1n) is 7.59. The van der Waals surface area contributed by atoms with Crippen LogP contribution in [0.3, 0.4) is 0 Å². The molecule has 4 nitrogen and oxygen atoms in total. The molecule has 4 heteroatoms. The van der Waals surface area contributed by atoms with E-state index in [-0.39, 0.29) is 0 Å². The van der Waals surface area contributed by atoms with Crippen LogP contribution in [0.2, 0.25) is 0 Å². The lowest BCUT2D eigenvalue weighted by Crippen LogP contribution is -2.07. The Morgan fingerprint density at radius 3 is 2.43 bits per heavy atom. The minimum Gasteiger partial charge on any atom is -0.373 e. The van der Waals surface area contributed by atoms with Crippen molar-refractivity contribution in [3.63, 3.8) is 0 Å². The van der Waals surface area contributed by atoms with E-state index >= 15 is 0 Å². The zero-order valence-corrected chi connectivity index (χ0v) is 13.3. The van der Waals surface area contributed by atoms with E-state index in [4.69, 9.17) is 0 Å². The molecule has 112 valence electrons. The molecule has 0 aliphatic rings. The minimum atomic E-state index is 0.820. The lowest BCUT2D eigenvalue weighted by atomic mass is 10.1. The highest BCUT2D eigenvalue weighted by molar-refractivity contribution is 5.66. The molecule has 1 aromatic carbocycles. The van der Waals surface area contributed by atoms with Crippen molar-refractivity contribution in [2.45, 2.75) is 40.0 Å². The molecule has 1 heterocycles. The molecular formula is C17H24N4. The van der Waals surface area contributed by atoms with Gasteiger partial charge in [-0.25, -0.2) is 9.97 Å². The summed E-state index contributed by atoms with van der Waals surface area (Å²) < 4.78 is 0. The maximum absolute atomic E-state index is 4.63. The Hall–Kier alpha value is -2.10. The average molecular weight is 284 g/mol. The second-order valence-electron chi connectivity index (χ2n) is 5.10. The Bertz CT molecular complexity index is 608. The predicted molar refractivity (Wildman–Crippen MR) is 89.4 cm³/mol. The summed E-state index contributed by atoms with van der Waals surface area (Å²) >= 11 is 0. The Morgan fingerprint density at radius 1 is 1.05 bits per heavy atom. The molecule has 0 saturated carbocycles. The first-order valence-corrected chi connectivity index (χ1v) is 7.59. The molecule has 2 rings (SSSR count). The maximum atomic E-state index is 4.63. The van der Waals surface area contributed by atoms with Gasteiger partial charge in [0.2, 0.25) is 0 Å². The fraction of sp³-hybridized carbons (Fsp3) is 0.412. The van der Waals surface area contributed by atoms with Gasteiger partial charge in [0.1, 0.15) is 17.5 Å². The lowest BCUT2D eigenvalue weighted by molar-refractivity contribution is 0.919. The van der Waals surface area contributed by atoms with Gasteiger partial charge in [0.15, 0.2) is 0 Å². The SMILES string of the molecule is CCCc1ccccc1Nc1nc(CC)nc(NC)c1C. The molecule has 21 heavy (non-hydrogen) atoms. The standard InChI is InChI=1S/C17H24N4/c1-5-9-13-10-7-8-11-14(13)19-17-12(3)16(18-4)20-15(6-2)21-17/h7-8,10-11H,5-6,9H2,1-4H3,(H2,18,19,20,21). The third-order valence-electron chi connectivity index (χ3n) is 3.53. The predicted octanol–water partition coefficient (Wildman–Crippen LogP) is 4.09. The first kappa shape index (κ1) is 15.3. The van der Waals surface area contributed by atoms with Crippen molar-refractivity contribution < 1.29 is 0 Å². The van der Waals surface area contributed by atoms with Gasteiger partial charge in [-0.1, -0.05) is 38.5 Å². The number of rotatable bonds is 6.